The van der Waals surface area contributed by atoms with Crippen LogP contribution in [-0.4, -0.2) is 9.90 Å². The van der Waals surface area contributed by atoms with Crippen LogP contribution in [0.2, 0.25) is 0 Å². The summed E-state index contributed by atoms with van der Waals surface area (Å²) in [6.07, 6.45) is 8.27. The zero-order valence-electron chi connectivity index (χ0n) is 10.7. The summed E-state index contributed by atoms with van der Waals surface area (Å²) in [5, 5.41) is 0.984. The van der Waals surface area contributed by atoms with Gasteiger partial charge in [-0.25, -0.2) is 0 Å². The van der Waals surface area contributed by atoms with E-state index in [2.05, 4.69) is 31.9 Å². The van der Waals surface area contributed by atoms with Crippen molar-refractivity contribution in [3.63, 3.8) is 0 Å². The maximum atomic E-state index is 12.2. The molecule has 2 rings (SSSR count). The van der Waals surface area contributed by atoms with Crippen LogP contribution in [0.1, 0.15) is 37.7 Å². The van der Waals surface area contributed by atoms with Crippen LogP contribution in [0.15, 0.2) is 21.5 Å². The summed E-state index contributed by atoms with van der Waals surface area (Å²) in [4.78, 5) is 12.2. The first-order valence-corrected chi connectivity index (χ1v) is 8.40. The molecule has 100 valence electrons. The Bertz CT molecular complexity index is 475. The number of rotatable bonds is 3. The molecule has 1 aromatic rings. The van der Waals surface area contributed by atoms with Gasteiger partial charge in [-0.15, -0.1) is 0 Å². The highest BCUT2D eigenvalue weighted by atomic mass is 79.9. The van der Waals surface area contributed by atoms with Crippen LogP contribution >= 0.6 is 31.9 Å². The first kappa shape index (κ1) is 14.3. The smallest absolute Gasteiger partial charge is 0.253 e. The van der Waals surface area contributed by atoms with Crippen molar-refractivity contribution >= 4 is 31.9 Å². The van der Waals surface area contributed by atoms with E-state index in [1.165, 1.54) is 32.1 Å². The molecule has 1 aliphatic rings. The Morgan fingerprint density at radius 1 is 1.33 bits per heavy atom. The van der Waals surface area contributed by atoms with Crippen molar-refractivity contribution in [3.8, 4) is 0 Å². The van der Waals surface area contributed by atoms with Gasteiger partial charge in [0.2, 0.25) is 0 Å². The number of pyridine rings is 1. The van der Waals surface area contributed by atoms with Crippen molar-refractivity contribution in [2.75, 3.05) is 5.33 Å². The second kappa shape index (κ2) is 5.91. The third-order valence-electron chi connectivity index (χ3n) is 3.94. The van der Waals surface area contributed by atoms with Gasteiger partial charge in [0, 0.05) is 28.1 Å². The van der Waals surface area contributed by atoms with E-state index in [-0.39, 0.29) is 11.0 Å². The second-order valence-corrected chi connectivity index (χ2v) is 6.95. The standard InChI is InChI=1S/C14H19Br2NO/c1-11-7-12(16)8-17(13(11)18)10-14(9-15)5-3-2-4-6-14/h7-8H,2-6,9-10H2,1H3. The first-order valence-electron chi connectivity index (χ1n) is 6.49. The molecule has 0 radical (unpaired) electrons. The Kier molecular flexibility index (Phi) is 4.70. The molecule has 0 saturated heterocycles. The summed E-state index contributed by atoms with van der Waals surface area (Å²) in [7, 11) is 0. The molecule has 1 heterocycles. The number of alkyl halides is 1. The van der Waals surface area contributed by atoms with Gasteiger partial charge in [-0.3, -0.25) is 4.79 Å². The minimum absolute atomic E-state index is 0.143. The fourth-order valence-electron chi connectivity index (χ4n) is 2.85. The molecule has 0 N–H and O–H groups in total. The third-order valence-corrected chi connectivity index (χ3v) is 5.56. The van der Waals surface area contributed by atoms with Gasteiger partial charge in [-0.2, -0.15) is 0 Å². The van der Waals surface area contributed by atoms with Crippen molar-refractivity contribution in [1.29, 1.82) is 0 Å². The van der Waals surface area contributed by atoms with Gasteiger partial charge in [0.15, 0.2) is 0 Å². The van der Waals surface area contributed by atoms with Gasteiger partial charge in [-0.05, 0) is 47.2 Å². The van der Waals surface area contributed by atoms with E-state index in [1.54, 1.807) is 0 Å². The van der Waals surface area contributed by atoms with E-state index in [0.717, 1.165) is 21.9 Å². The lowest BCUT2D eigenvalue weighted by Crippen LogP contribution is -2.35. The van der Waals surface area contributed by atoms with Crippen LogP contribution in [0, 0.1) is 12.3 Å². The van der Waals surface area contributed by atoms with Gasteiger partial charge >= 0.3 is 0 Å². The van der Waals surface area contributed by atoms with Crippen LogP contribution in [0.4, 0.5) is 0 Å². The molecule has 1 aromatic heterocycles. The highest BCUT2D eigenvalue weighted by Crippen LogP contribution is 2.39. The van der Waals surface area contributed by atoms with Gasteiger partial charge in [-0.1, -0.05) is 35.2 Å². The molecule has 1 fully saturated rings. The Hall–Kier alpha value is -0.0900. The van der Waals surface area contributed by atoms with Gasteiger partial charge in [0.25, 0.3) is 5.56 Å². The van der Waals surface area contributed by atoms with E-state index in [1.807, 2.05) is 23.8 Å². The second-order valence-electron chi connectivity index (χ2n) is 5.47. The molecule has 0 bridgehead atoms. The van der Waals surface area contributed by atoms with Crippen LogP contribution in [-0.2, 0) is 6.54 Å². The molecule has 0 atom stereocenters. The van der Waals surface area contributed by atoms with Crippen LogP contribution in [0.3, 0.4) is 0 Å². The predicted octanol–water partition coefficient (Wildman–Crippen LogP) is 4.26. The fraction of sp³-hybridized carbons (Fsp3) is 0.643. The summed E-state index contributed by atoms with van der Waals surface area (Å²) < 4.78 is 2.87. The average molecular weight is 377 g/mol. The van der Waals surface area contributed by atoms with Crippen LogP contribution in [0.25, 0.3) is 0 Å². The number of hydrogen-bond donors (Lipinski definition) is 0. The normalized spacial score (nSPS) is 18.8. The highest BCUT2D eigenvalue weighted by molar-refractivity contribution is 9.10. The van der Waals surface area contributed by atoms with E-state index in [4.69, 9.17) is 0 Å². The molecule has 1 aliphatic carbocycles. The maximum Gasteiger partial charge on any atom is 0.253 e. The lowest BCUT2D eigenvalue weighted by Gasteiger charge is -2.36. The quantitative estimate of drug-likeness (QED) is 0.722. The minimum atomic E-state index is 0.143. The fourth-order valence-corrected chi connectivity index (χ4v) is 4.18. The topological polar surface area (TPSA) is 22.0 Å². The van der Waals surface area contributed by atoms with Crippen molar-refractivity contribution in [2.45, 2.75) is 45.6 Å². The molecule has 4 heteroatoms. The number of aromatic nitrogens is 1. The lowest BCUT2D eigenvalue weighted by atomic mass is 9.75. The zero-order chi connectivity index (χ0) is 13.2. The number of nitrogens with zero attached hydrogens (tertiary/aromatic N) is 1. The summed E-state index contributed by atoms with van der Waals surface area (Å²) in [6.45, 7) is 2.71. The number of halogens is 2. The van der Waals surface area contributed by atoms with Crippen LogP contribution in [0.5, 0.6) is 0 Å². The predicted molar refractivity (Wildman–Crippen MR) is 82.5 cm³/mol. The van der Waals surface area contributed by atoms with E-state index in [0.29, 0.717) is 0 Å². The molecule has 0 spiro atoms. The summed E-state index contributed by atoms with van der Waals surface area (Å²) in [6, 6.07) is 1.89. The largest absolute Gasteiger partial charge is 0.314 e. The Balaban J connectivity index is 2.29. The summed E-state index contributed by atoms with van der Waals surface area (Å²) in [5.41, 5.74) is 1.21. The molecule has 0 aromatic carbocycles. The van der Waals surface area contributed by atoms with Crippen LogP contribution < -0.4 is 5.56 Å². The van der Waals surface area contributed by atoms with Crippen molar-refractivity contribution in [2.24, 2.45) is 5.41 Å². The first-order chi connectivity index (χ1) is 8.56. The molecule has 0 amide bonds. The average Bonchev–Trinajstić information content (AvgIpc) is 2.36. The van der Waals surface area contributed by atoms with E-state index in [9.17, 15) is 4.79 Å². The molecule has 0 unspecified atom stereocenters. The van der Waals surface area contributed by atoms with Gasteiger partial charge < -0.3 is 4.57 Å². The van der Waals surface area contributed by atoms with Gasteiger partial charge in [0.05, 0.1) is 0 Å². The molecule has 18 heavy (non-hydrogen) atoms. The molecule has 2 nitrogen and oxygen atoms in total. The monoisotopic (exact) mass is 375 g/mol. The Morgan fingerprint density at radius 3 is 2.61 bits per heavy atom. The zero-order valence-corrected chi connectivity index (χ0v) is 13.9. The maximum absolute atomic E-state index is 12.2. The van der Waals surface area contributed by atoms with E-state index >= 15 is 0 Å². The lowest BCUT2D eigenvalue weighted by molar-refractivity contribution is 0.189. The summed E-state index contributed by atoms with van der Waals surface area (Å²) >= 11 is 7.14. The van der Waals surface area contributed by atoms with Crippen molar-refractivity contribution in [1.82, 2.24) is 4.57 Å². The van der Waals surface area contributed by atoms with Gasteiger partial charge in [0.1, 0.15) is 0 Å². The SMILES string of the molecule is Cc1cc(Br)cn(CC2(CBr)CCCCC2)c1=O. The van der Waals surface area contributed by atoms with Crippen molar-refractivity contribution in [3.05, 3.63) is 32.7 Å². The Morgan fingerprint density at radius 2 is 2.00 bits per heavy atom. The van der Waals surface area contributed by atoms with Crippen molar-refractivity contribution < 1.29 is 0 Å². The molecule has 0 aliphatic heterocycles. The molecular weight excluding hydrogens is 358 g/mol. The highest BCUT2D eigenvalue weighted by Gasteiger charge is 2.31. The molecule has 1 saturated carbocycles. The van der Waals surface area contributed by atoms with E-state index < -0.39 is 0 Å². The number of hydrogen-bond acceptors (Lipinski definition) is 1. The molecular formula is C14H19Br2NO. The minimum Gasteiger partial charge on any atom is -0.314 e. The Labute approximate surface area is 125 Å². The third kappa shape index (κ3) is 3.08. The summed E-state index contributed by atoms with van der Waals surface area (Å²) in [5.74, 6) is 0. The number of aryl methyl sites for hydroxylation is 1.